The smallest absolute Gasteiger partial charge is 0.0688 e. The number of ether oxygens (including phenoxy) is 1. The van der Waals surface area contributed by atoms with Crippen LogP contribution in [0.25, 0.3) is 0 Å². The number of methoxy groups -OCH3 is 1. The molecular weight excluding hydrogens is 152 g/mol. The maximum atomic E-state index is 5.86. The first-order chi connectivity index (χ1) is 5.65. The number of rotatable bonds is 3. The number of nitrogens with one attached hydrogen (secondary N) is 1. The van der Waals surface area contributed by atoms with Gasteiger partial charge in [-0.3, -0.25) is 0 Å². The summed E-state index contributed by atoms with van der Waals surface area (Å²) in [7, 11) is 1.66. The Morgan fingerprint density at radius 1 is 1.58 bits per heavy atom. The summed E-state index contributed by atoms with van der Waals surface area (Å²) in [5.41, 5.74) is 9.29. The number of aryl methyl sites for hydroxylation is 2. The molecule has 0 aliphatic rings. The second-order valence-electron chi connectivity index (χ2n) is 3.11. The van der Waals surface area contributed by atoms with Crippen LogP contribution in [-0.4, -0.2) is 18.7 Å². The fraction of sp³-hybridized carbons (Fsp3) is 0.556. The molecule has 0 aliphatic carbocycles. The van der Waals surface area contributed by atoms with Gasteiger partial charge in [-0.2, -0.15) is 0 Å². The highest BCUT2D eigenvalue weighted by Gasteiger charge is 2.10. The quantitative estimate of drug-likeness (QED) is 0.714. The molecule has 0 fully saturated rings. The van der Waals surface area contributed by atoms with E-state index in [9.17, 15) is 0 Å². The van der Waals surface area contributed by atoms with Crippen molar-refractivity contribution in [1.82, 2.24) is 4.98 Å². The molecule has 68 valence electrons. The Kier molecular flexibility index (Phi) is 2.89. The molecule has 3 N–H and O–H groups in total. The Morgan fingerprint density at radius 2 is 2.25 bits per heavy atom. The topological polar surface area (TPSA) is 51.0 Å². The van der Waals surface area contributed by atoms with Crippen LogP contribution in [0.15, 0.2) is 6.07 Å². The molecule has 0 saturated carbocycles. The van der Waals surface area contributed by atoms with Crippen molar-refractivity contribution >= 4 is 0 Å². The van der Waals surface area contributed by atoms with Gasteiger partial charge in [0.15, 0.2) is 0 Å². The highest BCUT2D eigenvalue weighted by molar-refractivity contribution is 5.26. The highest BCUT2D eigenvalue weighted by atomic mass is 16.5. The Bertz CT molecular complexity index is 255. The largest absolute Gasteiger partial charge is 0.383 e. The Labute approximate surface area is 72.9 Å². The summed E-state index contributed by atoms with van der Waals surface area (Å²) in [6, 6.07) is 2.05. The normalized spacial score (nSPS) is 13.3. The summed E-state index contributed by atoms with van der Waals surface area (Å²) in [6.45, 7) is 4.63. The molecule has 1 aromatic rings. The molecule has 3 heteroatoms. The van der Waals surface area contributed by atoms with Gasteiger partial charge in [0.1, 0.15) is 0 Å². The number of aromatic nitrogens is 1. The van der Waals surface area contributed by atoms with E-state index in [1.54, 1.807) is 7.11 Å². The lowest BCUT2D eigenvalue weighted by atomic mass is 10.1. The van der Waals surface area contributed by atoms with E-state index >= 15 is 0 Å². The van der Waals surface area contributed by atoms with Gasteiger partial charge in [-0.15, -0.1) is 0 Å². The Morgan fingerprint density at radius 3 is 2.67 bits per heavy atom. The number of hydrogen-bond donors (Lipinski definition) is 2. The van der Waals surface area contributed by atoms with Gasteiger partial charge < -0.3 is 15.5 Å². The minimum Gasteiger partial charge on any atom is -0.383 e. The van der Waals surface area contributed by atoms with E-state index in [4.69, 9.17) is 10.5 Å². The third kappa shape index (κ3) is 1.87. The van der Waals surface area contributed by atoms with E-state index < -0.39 is 0 Å². The van der Waals surface area contributed by atoms with Crippen molar-refractivity contribution < 1.29 is 4.74 Å². The maximum Gasteiger partial charge on any atom is 0.0688 e. The van der Waals surface area contributed by atoms with Crippen LogP contribution in [0.3, 0.4) is 0 Å². The molecule has 0 spiro atoms. The van der Waals surface area contributed by atoms with Crippen LogP contribution in [0.1, 0.15) is 23.0 Å². The molecule has 1 heterocycles. The fourth-order valence-corrected chi connectivity index (χ4v) is 1.40. The van der Waals surface area contributed by atoms with Crippen LogP contribution in [0.5, 0.6) is 0 Å². The monoisotopic (exact) mass is 168 g/mol. The molecule has 1 rings (SSSR count). The number of H-pyrrole nitrogens is 1. The second kappa shape index (κ2) is 3.74. The van der Waals surface area contributed by atoms with Crippen molar-refractivity contribution in [2.45, 2.75) is 19.9 Å². The van der Waals surface area contributed by atoms with Crippen LogP contribution in [0.2, 0.25) is 0 Å². The zero-order valence-corrected chi connectivity index (χ0v) is 7.85. The third-order valence-corrected chi connectivity index (χ3v) is 1.91. The molecule has 0 aliphatic heterocycles. The van der Waals surface area contributed by atoms with Crippen molar-refractivity contribution in [3.8, 4) is 0 Å². The number of aromatic amines is 1. The van der Waals surface area contributed by atoms with Gasteiger partial charge in [0.2, 0.25) is 0 Å². The SMILES string of the molecule is COCC(N)c1[nH]c(C)cc1C. The van der Waals surface area contributed by atoms with Gasteiger partial charge in [-0.1, -0.05) is 0 Å². The summed E-state index contributed by atoms with van der Waals surface area (Å²) in [4.78, 5) is 3.22. The highest BCUT2D eigenvalue weighted by Crippen LogP contribution is 2.15. The molecular formula is C9H16N2O. The second-order valence-corrected chi connectivity index (χ2v) is 3.11. The first-order valence-electron chi connectivity index (χ1n) is 4.05. The lowest BCUT2D eigenvalue weighted by Crippen LogP contribution is -2.17. The van der Waals surface area contributed by atoms with Crippen molar-refractivity contribution in [1.29, 1.82) is 0 Å². The molecule has 0 bridgehead atoms. The molecule has 1 unspecified atom stereocenters. The van der Waals surface area contributed by atoms with E-state index in [1.165, 1.54) is 5.56 Å². The third-order valence-electron chi connectivity index (χ3n) is 1.91. The van der Waals surface area contributed by atoms with Crippen LogP contribution in [-0.2, 0) is 4.74 Å². The molecule has 0 aromatic carbocycles. The molecule has 0 amide bonds. The predicted octanol–water partition coefficient (Wildman–Crippen LogP) is 1.28. The van der Waals surface area contributed by atoms with E-state index in [2.05, 4.69) is 11.1 Å². The molecule has 0 radical (unpaired) electrons. The van der Waals surface area contributed by atoms with Crippen LogP contribution in [0, 0.1) is 13.8 Å². The Hall–Kier alpha value is -0.800. The number of nitrogens with two attached hydrogens (primary N) is 1. The molecule has 3 nitrogen and oxygen atoms in total. The van der Waals surface area contributed by atoms with Gasteiger partial charge in [0, 0.05) is 18.5 Å². The first kappa shape index (κ1) is 9.29. The van der Waals surface area contributed by atoms with Crippen LogP contribution < -0.4 is 5.73 Å². The van der Waals surface area contributed by atoms with E-state index in [0.29, 0.717) is 6.61 Å². The average Bonchev–Trinajstić information content (AvgIpc) is 2.30. The van der Waals surface area contributed by atoms with E-state index in [0.717, 1.165) is 11.4 Å². The van der Waals surface area contributed by atoms with Gasteiger partial charge in [-0.05, 0) is 25.5 Å². The summed E-state index contributed by atoms with van der Waals surface area (Å²) in [6.07, 6.45) is 0. The van der Waals surface area contributed by atoms with E-state index in [1.807, 2.05) is 13.8 Å². The molecule has 12 heavy (non-hydrogen) atoms. The summed E-state index contributed by atoms with van der Waals surface area (Å²) in [5, 5.41) is 0. The molecule has 0 saturated heterocycles. The van der Waals surface area contributed by atoms with Crippen molar-refractivity contribution in [3.05, 3.63) is 23.0 Å². The van der Waals surface area contributed by atoms with Gasteiger partial charge in [0.25, 0.3) is 0 Å². The van der Waals surface area contributed by atoms with Crippen LogP contribution in [0.4, 0.5) is 0 Å². The predicted molar refractivity (Wildman–Crippen MR) is 49.1 cm³/mol. The van der Waals surface area contributed by atoms with Gasteiger partial charge in [0.05, 0.1) is 12.6 Å². The minimum absolute atomic E-state index is 0.0382. The molecule has 1 atom stereocenters. The van der Waals surface area contributed by atoms with Crippen molar-refractivity contribution in [2.24, 2.45) is 5.73 Å². The summed E-state index contributed by atoms with van der Waals surface area (Å²) >= 11 is 0. The fourth-order valence-electron chi connectivity index (χ4n) is 1.40. The summed E-state index contributed by atoms with van der Waals surface area (Å²) in [5.74, 6) is 0. The summed E-state index contributed by atoms with van der Waals surface area (Å²) < 4.78 is 4.98. The first-order valence-corrected chi connectivity index (χ1v) is 4.05. The van der Waals surface area contributed by atoms with Crippen molar-refractivity contribution in [3.63, 3.8) is 0 Å². The van der Waals surface area contributed by atoms with Crippen LogP contribution >= 0.6 is 0 Å². The van der Waals surface area contributed by atoms with Gasteiger partial charge >= 0.3 is 0 Å². The maximum absolute atomic E-state index is 5.86. The van der Waals surface area contributed by atoms with Gasteiger partial charge in [-0.25, -0.2) is 0 Å². The zero-order valence-electron chi connectivity index (χ0n) is 7.85. The number of hydrogen-bond acceptors (Lipinski definition) is 2. The lowest BCUT2D eigenvalue weighted by Gasteiger charge is -2.09. The lowest BCUT2D eigenvalue weighted by molar-refractivity contribution is 0.179. The Balaban J connectivity index is 2.79. The standard InChI is InChI=1S/C9H16N2O/c1-6-4-7(2)11-9(6)8(10)5-12-3/h4,8,11H,5,10H2,1-3H3. The average molecular weight is 168 g/mol. The zero-order chi connectivity index (χ0) is 9.14. The minimum atomic E-state index is -0.0382. The molecule has 1 aromatic heterocycles. The van der Waals surface area contributed by atoms with E-state index in [-0.39, 0.29) is 6.04 Å². The van der Waals surface area contributed by atoms with Crippen molar-refractivity contribution in [2.75, 3.05) is 13.7 Å².